The summed E-state index contributed by atoms with van der Waals surface area (Å²) in [6, 6.07) is 5.73. The Bertz CT molecular complexity index is 600. The number of halogens is 1. The molecule has 1 heterocycles. The lowest BCUT2D eigenvalue weighted by molar-refractivity contribution is -0.255. The summed E-state index contributed by atoms with van der Waals surface area (Å²) in [7, 11) is 0. The first-order valence-electron chi connectivity index (χ1n) is 4.02. The molecule has 0 aliphatic rings. The molecule has 0 aliphatic carbocycles. The van der Waals surface area contributed by atoms with Crippen molar-refractivity contribution in [3.63, 3.8) is 0 Å². The molecule has 2 aromatic rings. The molecule has 0 spiro atoms. The van der Waals surface area contributed by atoms with Gasteiger partial charge in [0.15, 0.2) is 0 Å². The van der Waals surface area contributed by atoms with Gasteiger partial charge in [0.25, 0.3) is 0 Å². The zero-order chi connectivity index (χ0) is 11.0. The van der Waals surface area contributed by atoms with Crippen LogP contribution in [-0.4, -0.2) is 5.97 Å². The highest BCUT2D eigenvalue weighted by molar-refractivity contribution is 6.31. The third kappa shape index (κ3) is 1.71. The first-order valence-corrected chi connectivity index (χ1v) is 4.40. The molecule has 0 amide bonds. The smallest absolute Gasteiger partial charge is 0.345 e. The topological polar surface area (TPSA) is 70.3 Å². The minimum absolute atomic E-state index is 0.286. The molecule has 1 aromatic heterocycles. The maximum absolute atomic E-state index is 11.1. The van der Waals surface area contributed by atoms with Crippen molar-refractivity contribution < 1.29 is 14.3 Å². The molecular weight excluding hydrogens is 220 g/mol. The van der Waals surface area contributed by atoms with Crippen molar-refractivity contribution in [2.24, 2.45) is 0 Å². The largest absolute Gasteiger partial charge is 0.545 e. The number of aromatic carboxylic acids is 1. The van der Waals surface area contributed by atoms with Gasteiger partial charge in [0.05, 0.1) is 11.5 Å². The van der Waals surface area contributed by atoms with Gasteiger partial charge in [-0.1, -0.05) is 11.6 Å². The molecule has 0 saturated carbocycles. The number of hydrogen-bond acceptors (Lipinski definition) is 4. The van der Waals surface area contributed by atoms with E-state index >= 15 is 0 Å². The van der Waals surface area contributed by atoms with Crippen molar-refractivity contribution in [2.75, 3.05) is 0 Å². The maximum atomic E-state index is 11.1. The summed E-state index contributed by atoms with van der Waals surface area (Å²) in [4.78, 5) is 21.7. The summed E-state index contributed by atoms with van der Waals surface area (Å²) in [5.74, 6) is -1.56. The van der Waals surface area contributed by atoms with Gasteiger partial charge >= 0.3 is 5.63 Å². The molecule has 0 bridgehead atoms. The monoisotopic (exact) mass is 223 g/mol. The van der Waals surface area contributed by atoms with Gasteiger partial charge in [-0.2, -0.15) is 0 Å². The number of fused-ring (bicyclic) bond motifs is 1. The first-order chi connectivity index (χ1) is 7.08. The van der Waals surface area contributed by atoms with Gasteiger partial charge in [-0.05, 0) is 24.3 Å². The molecule has 0 fully saturated rings. The maximum Gasteiger partial charge on any atom is 0.345 e. The molecule has 0 saturated heterocycles. The summed E-state index contributed by atoms with van der Waals surface area (Å²) >= 11 is 5.71. The number of carbonyl (C=O) groups is 1. The molecule has 0 atom stereocenters. The summed E-state index contributed by atoms with van der Waals surface area (Å²) in [6.45, 7) is 0. The molecule has 76 valence electrons. The van der Waals surface area contributed by atoms with E-state index < -0.39 is 17.2 Å². The van der Waals surface area contributed by atoms with E-state index in [0.29, 0.717) is 10.4 Å². The summed E-state index contributed by atoms with van der Waals surface area (Å²) in [5, 5.41) is 11.4. The second kappa shape index (κ2) is 3.40. The standard InChI is InChI=1S/C10H5ClO4/c11-6-1-2-8-5(3-6)4-7(9(12)13)10(14)15-8/h1-4H,(H,12,13)/p-1. The van der Waals surface area contributed by atoms with Crippen molar-refractivity contribution in [1.82, 2.24) is 0 Å². The van der Waals surface area contributed by atoms with E-state index in [0.717, 1.165) is 0 Å². The lowest BCUT2D eigenvalue weighted by Gasteiger charge is -2.02. The molecule has 2 rings (SSSR count). The third-order valence-electron chi connectivity index (χ3n) is 1.91. The lowest BCUT2D eigenvalue weighted by Crippen LogP contribution is -2.28. The van der Waals surface area contributed by atoms with Crippen LogP contribution in [0.15, 0.2) is 33.5 Å². The van der Waals surface area contributed by atoms with E-state index in [1.165, 1.54) is 18.2 Å². The average molecular weight is 224 g/mol. The van der Waals surface area contributed by atoms with Crippen LogP contribution in [0.4, 0.5) is 0 Å². The van der Waals surface area contributed by atoms with Gasteiger partial charge in [0.1, 0.15) is 5.58 Å². The molecule has 4 nitrogen and oxygen atoms in total. The van der Waals surface area contributed by atoms with Crippen molar-refractivity contribution in [3.05, 3.63) is 45.3 Å². The summed E-state index contributed by atoms with van der Waals surface area (Å²) < 4.78 is 4.77. The highest BCUT2D eigenvalue weighted by Gasteiger charge is 2.05. The zero-order valence-electron chi connectivity index (χ0n) is 7.32. The van der Waals surface area contributed by atoms with Crippen LogP contribution in [0.1, 0.15) is 10.4 Å². The molecule has 0 aliphatic heterocycles. The summed E-state index contributed by atoms with van der Waals surface area (Å²) in [6.07, 6.45) is 0. The van der Waals surface area contributed by atoms with E-state index in [9.17, 15) is 14.7 Å². The van der Waals surface area contributed by atoms with Crippen molar-refractivity contribution >= 4 is 28.5 Å². The highest BCUT2D eigenvalue weighted by Crippen LogP contribution is 2.18. The van der Waals surface area contributed by atoms with E-state index in [2.05, 4.69) is 0 Å². The van der Waals surface area contributed by atoms with E-state index in [4.69, 9.17) is 16.0 Å². The van der Waals surface area contributed by atoms with Gasteiger partial charge in [0, 0.05) is 10.4 Å². The Morgan fingerprint density at radius 1 is 1.33 bits per heavy atom. The average Bonchev–Trinajstić information content (AvgIpc) is 2.17. The Morgan fingerprint density at radius 2 is 2.07 bits per heavy atom. The second-order valence-electron chi connectivity index (χ2n) is 2.92. The van der Waals surface area contributed by atoms with E-state index in [1.807, 2.05) is 0 Å². The van der Waals surface area contributed by atoms with Crippen LogP contribution in [0.2, 0.25) is 5.02 Å². The van der Waals surface area contributed by atoms with Crippen LogP contribution < -0.4 is 10.7 Å². The lowest BCUT2D eigenvalue weighted by atomic mass is 10.2. The molecule has 5 heteroatoms. The number of carbonyl (C=O) groups excluding carboxylic acids is 1. The molecule has 15 heavy (non-hydrogen) atoms. The van der Waals surface area contributed by atoms with Gasteiger partial charge in [-0.3, -0.25) is 0 Å². The Kier molecular flexibility index (Phi) is 2.21. The van der Waals surface area contributed by atoms with E-state index in [1.54, 1.807) is 6.07 Å². The Morgan fingerprint density at radius 3 is 2.73 bits per heavy atom. The predicted molar refractivity (Wildman–Crippen MR) is 51.8 cm³/mol. The zero-order valence-corrected chi connectivity index (χ0v) is 8.08. The Hall–Kier alpha value is -1.81. The molecule has 0 radical (unpaired) electrons. The Labute approximate surface area is 88.7 Å². The molecule has 0 N–H and O–H groups in total. The van der Waals surface area contributed by atoms with Crippen molar-refractivity contribution in [1.29, 1.82) is 0 Å². The minimum Gasteiger partial charge on any atom is -0.545 e. The highest BCUT2D eigenvalue weighted by atomic mass is 35.5. The number of benzene rings is 1. The minimum atomic E-state index is -1.56. The normalized spacial score (nSPS) is 10.5. The fraction of sp³-hybridized carbons (Fsp3) is 0. The fourth-order valence-electron chi connectivity index (χ4n) is 1.24. The second-order valence-corrected chi connectivity index (χ2v) is 3.35. The number of carboxylic acids is 1. The van der Waals surface area contributed by atoms with E-state index in [-0.39, 0.29) is 5.58 Å². The number of rotatable bonds is 1. The van der Waals surface area contributed by atoms with Gasteiger partial charge in [-0.25, -0.2) is 4.79 Å². The van der Waals surface area contributed by atoms with Crippen LogP contribution in [0, 0.1) is 0 Å². The SMILES string of the molecule is O=C([O-])c1cc2cc(Cl)ccc2oc1=O. The van der Waals surface area contributed by atoms with Gasteiger partial charge in [-0.15, -0.1) is 0 Å². The number of hydrogen-bond donors (Lipinski definition) is 0. The quantitative estimate of drug-likeness (QED) is 0.671. The van der Waals surface area contributed by atoms with Crippen LogP contribution in [0.25, 0.3) is 11.0 Å². The van der Waals surface area contributed by atoms with Crippen LogP contribution in [0.5, 0.6) is 0 Å². The van der Waals surface area contributed by atoms with Crippen LogP contribution >= 0.6 is 11.6 Å². The Balaban J connectivity index is 2.83. The van der Waals surface area contributed by atoms with Crippen LogP contribution in [0.3, 0.4) is 0 Å². The van der Waals surface area contributed by atoms with Crippen molar-refractivity contribution in [2.45, 2.75) is 0 Å². The third-order valence-corrected chi connectivity index (χ3v) is 2.15. The summed E-state index contributed by atoms with van der Waals surface area (Å²) in [5.41, 5.74) is -1.15. The predicted octanol–water partition coefficient (Wildman–Crippen LogP) is 0.810. The molecule has 1 aromatic carbocycles. The first kappa shape index (κ1) is 9.73. The van der Waals surface area contributed by atoms with Gasteiger partial charge in [0.2, 0.25) is 0 Å². The molecular formula is C10H4ClO4-. The van der Waals surface area contributed by atoms with Crippen LogP contribution in [-0.2, 0) is 0 Å². The molecule has 0 unspecified atom stereocenters. The van der Waals surface area contributed by atoms with Crippen molar-refractivity contribution in [3.8, 4) is 0 Å². The van der Waals surface area contributed by atoms with Gasteiger partial charge < -0.3 is 14.3 Å². The fourth-order valence-corrected chi connectivity index (χ4v) is 1.42. The number of carboxylic acid groups (broad SMARTS) is 1.